The van der Waals surface area contributed by atoms with Crippen LogP contribution in [0.25, 0.3) is 0 Å². The number of allylic oxidation sites excluding steroid dienone is 1. The van der Waals surface area contributed by atoms with Crippen LogP contribution in [0.1, 0.15) is 73.1 Å². The first kappa shape index (κ1) is 29.4. The minimum Gasteiger partial charge on any atom is -0.396 e. The first-order valence-electron chi connectivity index (χ1n) is 13.8. The van der Waals surface area contributed by atoms with Crippen molar-refractivity contribution in [1.29, 1.82) is 0 Å². The van der Waals surface area contributed by atoms with E-state index in [4.69, 9.17) is 0 Å². The molecule has 0 aromatic heterocycles. The van der Waals surface area contributed by atoms with Gasteiger partial charge in [0.05, 0.1) is 30.5 Å². The number of rotatable bonds is 5. The molecule has 4 saturated carbocycles. The standard InChI is InChI=1S/C28H48O9/c1-15(6-7-16(14-29)23(2,3)34)17-12-20(31)28(37)24(17,4)11-9-19-25(5)10-8-18(30)22(33)27(25,36)21(32)13-26(19,28)35/h6-7,15-22,29-37H,8-14H2,1-5H3/b7-6+/t15-,16+,17?,18+,19?,20+,21+,22+,24-,25-,26+,27-,28+/m1/s1. The molecular weight excluding hydrogens is 480 g/mol. The molecule has 9 N–H and O–H groups in total. The van der Waals surface area contributed by atoms with Crippen molar-refractivity contribution in [2.24, 2.45) is 34.5 Å². The first-order chi connectivity index (χ1) is 16.9. The first-order valence-corrected chi connectivity index (χ1v) is 13.8. The van der Waals surface area contributed by atoms with Crippen molar-refractivity contribution in [1.82, 2.24) is 0 Å². The van der Waals surface area contributed by atoms with Gasteiger partial charge in [0.15, 0.2) is 0 Å². The second-order valence-corrected chi connectivity index (χ2v) is 13.8. The van der Waals surface area contributed by atoms with Gasteiger partial charge in [0.25, 0.3) is 0 Å². The molecule has 0 radical (unpaired) electrons. The van der Waals surface area contributed by atoms with Crippen LogP contribution in [0, 0.1) is 34.5 Å². The maximum absolute atomic E-state index is 12.4. The molecule has 9 nitrogen and oxygen atoms in total. The number of aliphatic hydroxyl groups is 9. The highest BCUT2D eigenvalue weighted by Gasteiger charge is 2.81. The SMILES string of the molecule is C[C@H](/C=C/[C@@H](CO)C(C)(C)O)C1C[C@H](O)[C@]2(O)[C@]1(C)CCC1[C@@]3(C)CC[C@H](O)[C@H](O)[C@]3(O)[C@@H](O)C[C@]12O. The second kappa shape index (κ2) is 8.94. The third kappa shape index (κ3) is 3.62. The lowest BCUT2D eigenvalue weighted by Crippen LogP contribution is -2.83. The van der Waals surface area contributed by atoms with Gasteiger partial charge in [0, 0.05) is 23.2 Å². The van der Waals surface area contributed by atoms with Crippen molar-refractivity contribution >= 4 is 0 Å². The summed E-state index contributed by atoms with van der Waals surface area (Å²) in [5, 5.41) is 100. The molecule has 0 aromatic carbocycles. The summed E-state index contributed by atoms with van der Waals surface area (Å²) in [6.07, 6.45) is -1.09. The van der Waals surface area contributed by atoms with Crippen LogP contribution in [0.3, 0.4) is 0 Å². The van der Waals surface area contributed by atoms with Crippen LogP contribution < -0.4 is 0 Å². The molecule has 4 fully saturated rings. The Morgan fingerprint density at radius 3 is 2.08 bits per heavy atom. The Hall–Kier alpha value is -0.620. The normalized spacial score (nSPS) is 53.9. The van der Waals surface area contributed by atoms with Crippen molar-refractivity contribution in [2.45, 2.75) is 120 Å². The molecule has 2 unspecified atom stereocenters. The zero-order valence-electron chi connectivity index (χ0n) is 22.7. The van der Waals surface area contributed by atoms with Crippen LogP contribution >= 0.6 is 0 Å². The fourth-order valence-corrected chi connectivity index (χ4v) is 9.26. The molecule has 0 heterocycles. The Labute approximate surface area is 219 Å². The summed E-state index contributed by atoms with van der Waals surface area (Å²) in [4.78, 5) is 0. The van der Waals surface area contributed by atoms with Crippen molar-refractivity contribution < 1.29 is 46.0 Å². The van der Waals surface area contributed by atoms with Crippen molar-refractivity contribution in [3.05, 3.63) is 12.2 Å². The maximum Gasteiger partial charge on any atom is 0.125 e. The summed E-state index contributed by atoms with van der Waals surface area (Å²) in [7, 11) is 0. The van der Waals surface area contributed by atoms with E-state index in [-0.39, 0.29) is 37.7 Å². The van der Waals surface area contributed by atoms with E-state index in [1.165, 1.54) is 0 Å². The smallest absolute Gasteiger partial charge is 0.125 e. The highest BCUT2D eigenvalue weighted by Crippen LogP contribution is 2.72. The molecule has 0 bridgehead atoms. The molecule has 4 rings (SSSR count). The predicted molar refractivity (Wildman–Crippen MR) is 135 cm³/mol. The molecule has 214 valence electrons. The fourth-order valence-electron chi connectivity index (χ4n) is 9.26. The average Bonchev–Trinajstić information content (AvgIpc) is 3.01. The number of hydrogen-bond acceptors (Lipinski definition) is 9. The van der Waals surface area contributed by atoms with Crippen LogP contribution in [0.5, 0.6) is 0 Å². The third-order valence-electron chi connectivity index (χ3n) is 11.7. The monoisotopic (exact) mass is 528 g/mol. The molecular formula is C28H48O9. The average molecular weight is 529 g/mol. The van der Waals surface area contributed by atoms with Crippen LogP contribution in [0.4, 0.5) is 0 Å². The largest absolute Gasteiger partial charge is 0.396 e. The molecule has 0 aromatic rings. The van der Waals surface area contributed by atoms with Gasteiger partial charge < -0.3 is 46.0 Å². The summed E-state index contributed by atoms with van der Waals surface area (Å²) in [5.41, 5.74) is -9.28. The van der Waals surface area contributed by atoms with Gasteiger partial charge in [-0.15, -0.1) is 0 Å². The van der Waals surface area contributed by atoms with E-state index in [0.717, 1.165) is 0 Å². The van der Waals surface area contributed by atoms with E-state index in [1.807, 2.05) is 19.9 Å². The summed E-state index contributed by atoms with van der Waals surface area (Å²) in [6.45, 7) is 8.52. The lowest BCUT2D eigenvalue weighted by atomic mass is 9.38. The predicted octanol–water partition coefficient (Wildman–Crippen LogP) is -0.165. The molecule has 4 aliphatic carbocycles. The zero-order chi connectivity index (χ0) is 28.0. The van der Waals surface area contributed by atoms with E-state index in [2.05, 4.69) is 0 Å². The number of fused-ring (bicyclic) bond motifs is 5. The van der Waals surface area contributed by atoms with Gasteiger partial charge in [-0.3, -0.25) is 0 Å². The Bertz CT molecular complexity index is 905. The Morgan fingerprint density at radius 1 is 0.919 bits per heavy atom. The van der Waals surface area contributed by atoms with Gasteiger partial charge in [0.2, 0.25) is 0 Å². The van der Waals surface area contributed by atoms with E-state index in [1.54, 1.807) is 26.8 Å². The van der Waals surface area contributed by atoms with Crippen LogP contribution in [-0.4, -0.2) is 99.4 Å². The Balaban J connectivity index is 1.73. The molecule has 0 spiro atoms. The molecule has 4 aliphatic rings. The summed E-state index contributed by atoms with van der Waals surface area (Å²) in [6, 6.07) is 0. The summed E-state index contributed by atoms with van der Waals surface area (Å²) < 4.78 is 0. The minimum absolute atomic E-state index is 0.169. The van der Waals surface area contributed by atoms with Gasteiger partial charge in [-0.25, -0.2) is 0 Å². The number of hydrogen-bond donors (Lipinski definition) is 9. The summed E-state index contributed by atoms with van der Waals surface area (Å²) >= 11 is 0. The summed E-state index contributed by atoms with van der Waals surface area (Å²) in [5.74, 6) is -1.65. The van der Waals surface area contributed by atoms with Crippen LogP contribution in [0.2, 0.25) is 0 Å². The van der Waals surface area contributed by atoms with Gasteiger partial charge in [-0.2, -0.15) is 0 Å². The lowest BCUT2D eigenvalue weighted by Gasteiger charge is -2.71. The molecule has 0 saturated heterocycles. The molecule has 13 atom stereocenters. The number of aliphatic hydroxyl groups excluding tert-OH is 5. The van der Waals surface area contributed by atoms with E-state index in [9.17, 15) is 46.0 Å². The van der Waals surface area contributed by atoms with Crippen LogP contribution in [0.15, 0.2) is 12.2 Å². The Kier molecular flexibility index (Phi) is 7.10. The van der Waals surface area contributed by atoms with Crippen molar-refractivity contribution in [2.75, 3.05) is 6.61 Å². The van der Waals surface area contributed by atoms with E-state index >= 15 is 0 Å². The van der Waals surface area contributed by atoms with Gasteiger partial charge in [-0.1, -0.05) is 32.9 Å². The van der Waals surface area contributed by atoms with Crippen molar-refractivity contribution in [3.8, 4) is 0 Å². The molecule has 9 heteroatoms. The van der Waals surface area contributed by atoms with E-state index in [0.29, 0.717) is 12.8 Å². The van der Waals surface area contributed by atoms with Gasteiger partial charge >= 0.3 is 0 Å². The van der Waals surface area contributed by atoms with E-state index < -0.39 is 75.9 Å². The zero-order valence-corrected chi connectivity index (χ0v) is 22.7. The molecule has 0 aliphatic heterocycles. The van der Waals surface area contributed by atoms with Crippen LogP contribution in [-0.2, 0) is 0 Å². The van der Waals surface area contributed by atoms with Crippen molar-refractivity contribution in [3.63, 3.8) is 0 Å². The highest BCUT2D eigenvalue weighted by molar-refractivity contribution is 5.31. The fraction of sp³-hybridized carbons (Fsp3) is 0.929. The highest BCUT2D eigenvalue weighted by atomic mass is 16.4. The second-order valence-electron chi connectivity index (χ2n) is 13.8. The minimum atomic E-state index is -2.07. The lowest BCUT2D eigenvalue weighted by molar-refractivity contribution is -0.372. The topological polar surface area (TPSA) is 182 Å². The Morgan fingerprint density at radius 2 is 1.51 bits per heavy atom. The van der Waals surface area contributed by atoms with Gasteiger partial charge in [-0.05, 0) is 63.7 Å². The quantitative estimate of drug-likeness (QED) is 0.219. The third-order valence-corrected chi connectivity index (χ3v) is 11.7. The van der Waals surface area contributed by atoms with Gasteiger partial charge in [0.1, 0.15) is 22.9 Å². The molecule has 0 amide bonds. The maximum atomic E-state index is 12.4. The molecule has 37 heavy (non-hydrogen) atoms.